The molecule has 0 radical (unpaired) electrons. The van der Waals surface area contributed by atoms with Gasteiger partial charge in [0.15, 0.2) is 0 Å². The van der Waals surface area contributed by atoms with Crippen LogP contribution in [-0.4, -0.2) is 4.98 Å². The molecule has 1 aromatic heterocycles. The van der Waals surface area contributed by atoms with Gasteiger partial charge in [0.1, 0.15) is 0 Å². The van der Waals surface area contributed by atoms with Crippen LogP contribution in [0.15, 0.2) is 29.8 Å². The molecular weight excluding hydrogens is 230 g/mol. The van der Waals surface area contributed by atoms with Gasteiger partial charge in [-0.2, -0.15) is 0 Å². The van der Waals surface area contributed by atoms with Crippen LogP contribution < -0.4 is 0 Å². The Morgan fingerprint density at radius 2 is 1.79 bits per heavy atom. The van der Waals surface area contributed by atoms with E-state index in [4.69, 9.17) is 4.98 Å². The Bertz CT molecular complexity index is 665. The summed E-state index contributed by atoms with van der Waals surface area (Å²) in [4.78, 5) is 4.90. The molecular formula is C18H21N. The highest BCUT2D eigenvalue weighted by Crippen LogP contribution is 2.41. The minimum atomic E-state index is 1.02. The largest absolute Gasteiger partial charge is 0.252 e. The van der Waals surface area contributed by atoms with Crippen molar-refractivity contribution in [1.29, 1.82) is 0 Å². The summed E-state index contributed by atoms with van der Waals surface area (Å²) in [6, 6.07) is 8.59. The van der Waals surface area contributed by atoms with Crippen LogP contribution in [0.3, 0.4) is 0 Å². The first-order valence-corrected chi connectivity index (χ1v) is 7.41. The molecule has 0 N–H and O–H groups in total. The maximum Gasteiger partial charge on any atom is 0.0708 e. The molecule has 0 saturated heterocycles. The fourth-order valence-electron chi connectivity index (χ4n) is 3.39. The van der Waals surface area contributed by atoms with Crippen molar-refractivity contribution in [2.24, 2.45) is 0 Å². The van der Waals surface area contributed by atoms with Gasteiger partial charge in [-0.15, -0.1) is 0 Å². The summed E-state index contributed by atoms with van der Waals surface area (Å²) in [5.41, 5.74) is 8.62. The van der Waals surface area contributed by atoms with E-state index in [0.717, 1.165) is 31.2 Å². The SMILES string of the molecule is CCC1=C(CC)c2c(CC)nc3ccccc3c2C1. The fraction of sp³-hybridized carbons (Fsp3) is 0.389. The van der Waals surface area contributed by atoms with Crippen molar-refractivity contribution >= 4 is 16.5 Å². The molecule has 0 atom stereocenters. The molecule has 2 aromatic rings. The third kappa shape index (κ3) is 1.80. The molecule has 1 aromatic carbocycles. The number of aromatic nitrogens is 1. The second kappa shape index (κ2) is 4.80. The van der Waals surface area contributed by atoms with Crippen LogP contribution in [0.5, 0.6) is 0 Å². The first-order valence-electron chi connectivity index (χ1n) is 7.41. The minimum absolute atomic E-state index is 1.02. The maximum atomic E-state index is 4.90. The lowest BCUT2D eigenvalue weighted by Crippen LogP contribution is -1.99. The number of hydrogen-bond acceptors (Lipinski definition) is 1. The van der Waals surface area contributed by atoms with Gasteiger partial charge in [-0.05, 0) is 42.9 Å². The van der Waals surface area contributed by atoms with Crippen molar-refractivity contribution in [3.8, 4) is 0 Å². The van der Waals surface area contributed by atoms with Gasteiger partial charge in [-0.25, -0.2) is 0 Å². The Morgan fingerprint density at radius 3 is 2.47 bits per heavy atom. The van der Waals surface area contributed by atoms with E-state index in [0.29, 0.717) is 0 Å². The predicted octanol–water partition coefficient (Wildman–Crippen LogP) is 4.93. The van der Waals surface area contributed by atoms with Gasteiger partial charge < -0.3 is 0 Å². The second-order valence-electron chi connectivity index (χ2n) is 5.25. The van der Waals surface area contributed by atoms with Crippen LogP contribution in [0.25, 0.3) is 16.5 Å². The topological polar surface area (TPSA) is 12.9 Å². The summed E-state index contributed by atoms with van der Waals surface area (Å²) in [6.45, 7) is 6.77. The van der Waals surface area contributed by atoms with E-state index in [1.807, 2.05) is 0 Å². The van der Waals surface area contributed by atoms with Gasteiger partial charge in [0.2, 0.25) is 0 Å². The molecule has 0 amide bonds. The number of hydrogen-bond donors (Lipinski definition) is 0. The van der Waals surface area contributed by atoms with E-state index in [1.165, 1.54) is 22.2 Å². The first-order chi connectivity index (χ1) is 9.30. The van der Waals surface area contributed by atoms with Crippen LogP contribution in [0.4, 0.5) is 0 Å². The Kier molecular flexibility index (Phi) is 3.14. The zero-order chi connectivity index (χ0) is 13.4. The molecule has 1 heteroatoms. The van der Waals surface area contributed by atoms with Crippen LogP contribution in [-0.2, 0) is 12.8 Å². The number of nitrogens with zero attached hydrogens (tertiary/aromatic N) is 1. The third-order valence-corrected chi connectivity index (χ3v) is 4.31. The van der Waals surface area contributed by atoms with E-state index in [2.05, 4.69) is 45.0 Å². The number of fused-ring (bicyclic) bond motifs is 3. The van der Waals surface area contributed by atoms with E-state index in [-0.39, 0.29) is 0 Å². The van der Waals surface area contributed by atoms with Gasteiger partial charge >= 0.3 is 0 Å². The molecule has 0 spiro atoms. The van der Waals surface area contributed by atoms with Gasteiger partial charge in [0.25, 0.3) is 0 Å². The van der Waals surface area contributed by atoms with Gasteiger partial charge in [0.05, 0.1) is 5.52 Å². The highest BCUT2D eigenvalue weighted by molar-refractivity contribution is 5.92. The minimum Gasteiger partial charge on any atom is -0.252 e. The number of para-hydroxylation sites is 1. The molecule has 0 saturated carbocycles. The molecule has 1 aliphatic carbocycles. The van der Waals surface area contributed by atoms with Gasteiger partial charge in [0, 0.05) is 16.6 Å². The summed E-state index contributed by atoms with van der Waals surface area (Å²) >= 11 is 0. The highest BCUT2D eigenvalue weighted by Gasteiger charge is 2.24. The summed E-state index contributed by atoms with van der Waals surface area (Å²) in [5.74, 6) is 0. The van der Waals surface area contributed by atoms with Crippen LogP contribution in [0, 0.1) is 0 Å². The number of allylic oxidation sites excluding steroid dienone is 2. The molecule has 0 unspecified atom stereocenters. The quantitative estimate of drug-likeness (QED) is 0.754. The number of pyridine rings is 1. The average Bonchev–Trinajstić information content (AvgIpc) is 2.85. The smallest absolute Gasteiger partial charge is 0.0708 e. The van der Waals surface area contributed by atoms with Crippen molar-refractivity contribution in [3.63, 3.8) is 0 Å². The maximum absolute atomic E-state index is 4.90. The third-order valence-electron chi connectivity index (χ3n) is 4.31. The van der Waals surface area contributed by atoms with E-state index < -0.39 is 0 Å². The normalized spacial score (nSPS) is 14.3. The Morgan fingerprint density at radius 1 is 1.00 bits per heavy atom. The van der Waals surface area contributed by atoms with Crippen LogP contribution in [0.1, 0.15) is 50.4 Å². The molecule has 0 aliphatic heterocycles. The van der Waals surface area contributed by atoms with Crippen molar-refractivity contribution in [2.75, 3.05) is 0 Å². The molecule has 1 nitrogen and oxygen atoms in total. The van der Waals surface area contributed by atoms with Crippen molar-refractivity contribution in [1.82, 2.24) is 4.98 Å². The Hall–Kier alpha value is -1.63. The lowest BCUT2D eigenvalue weighted by atomic mass is 9.97. The number of rotatable bonds is 3. The monoisotopic (exact) mass is 251 g/mol. The second-order valence-corrected chi connectivity index (χ2v) is 5.25. The van der Waals surface area contributed by atoms with E-state index in [9.17, 15) is 0 Å². The molecule has 1 aliphatic rings. The Balaban J connectivity index is 2.34. The standard InChI is InChI=1S/C18H21N/c1-4-12-11-15-14-9-7-8-10-17(14)19-16(6-3)18(15)13(12)5-2/h7-10H,4-6,11H2,1-3H3. The van der Waals surface area contributed by atoms with E-state index in [1.54, 1.807) is 11.1 Å². The molecule has 19 heavy (non-hydrogen) atoms. The van der Waals surface area contributed by atoms with E-state index >= 15 is 0 Å². The molecule has 3 rings (SSSR count). The lowest BCUT2D eigenvalue weighted by Gasteiger charge is -2.12. The molecule has 1 heterocycles. The molecule has 0 bridgehead atoms. The van der Waals surface area contributed by atoms with Crippen molar-refractivity contribution in [3.05, 3.63) is 46.7 Å². The average molecular weight is 251 g/mol. The van der Waals surface area contributed by atoms with Gasteiger partial charge in [-0.3, -0.25) is 4.98 Å². The van der Waals surface area contributed by atoms with Crippen molar-refractivity contribution in [2.45, 2.75) is 46.5 Å². The zero-order valence-corrected chi connectivity index (χ0v) is 12.1. The van der Waals surface area contributed by atoms with Crippen LogP contribution in [0.2, 0.25) is 0 Å². The summed E-state index contributed by atoms with van der Waals surface area (Å²) in [6.07, 6.45) is 4.44. The predicted molar refractivity (Wildman–Crippen MR) is 82.3 cm³/mol. The zero-order valence-electron chi connectivity index (χ0n) is 12.1. The van der Waals surface area contributed by atoms with Crippen molar-refractivity contribution < 1.29 is 0 Å². The molecule has 0 fully saturated rings. The number of benzene rings is 1. The summed E-state index contributed by atoms with van der Waals surface area (Å²) in [5, 5.41) is 1.35. The molecule has 98 valence electrons. The summed E-state index contributed by atoms with van der Waals surface area (Å²) in [7, 11) is 0. The van der Waals surface area contributed by atoms with Crippen LogP contribution >= 0.6 is 0 Å². The highest BCUT2D eigenvalue weighted by atomic mass is 14.7. The lowest BCUT2D eigenvalue weighted by molar-refractivity contribution is 1.02. The summed E-state index contributed by atoms with van der Waals surface area (Å²) < 4.78 is 0. The number of aryl methyl sites for hydroxylation is 1. The first kappa shape index (κ1) is 12.4. The Labute approximate surface area is 115 Å². The van der Waals surface area contributed by atoms with Gasteiger partial charge in [-0.1, -0.05) is 44.5 Å². The fourth-order valence-corrected chi connectivity index (χ4v) is 3.39.